The van der Waals surface area contributed by atoms with E-state index in [0.717, 1.165) is 12.0 Å². The lowest BCUT2D eigenvalue weighted by Crippen LogP contribution is -2.09. The summed E-state index contributed by atoms with van der Waals surface area (Å²) >= 11 is 5.87. The van der Waals surface area contributed by atoms with Crippen LogP contribution in [-0.2, 0) is 11.2 Å². The first-order chi connectivity index (χ1) is 6.99. The molecule has 2 heteroatoms. The zero-order chi connectivity index (χ0) is 11.1. The van der Waals surface area contributed by atoms with Gasteiger partial charge in [0.25, 0.3) is 0 Å². The SMILES string of the molecule is CC1(C)CC1C(=O)Cc1cccc(Cl)c1. The molecule has 1 aliphatic carbocycles. The molecule has 0 bridgehead atoms. The minimum absolute atomic E-state index is 0.232. The van der Waals surface area contributed by atoms with E-state index >= 15 is 0 Å². The number of carbonyl (C=O) groups excluding carboxylic acids is 1. The Morgan fingerprint density at radius 1 is 1.53 bits per heavy atom. The number of Topliss-reactive ketones (excluding diaryl/α,β-unsaturated/α-hetero) is 1. The molecule has 1 aliphatic rings. The van der Waals surface area contributed by atoms with Gasteiger partial charge in [0.15, 0.2) is 0 Å². The molecule has 1 aromatic rings. The third kappa shape index (κ3) is 2.40. The van der Waals surface area contributed by atoms with E-state index in [1.54, 1.807) is 0 Å². The maximum absolute atomic E-state index is 11.9. The van der Waals surface area contributed by atoms with Crippen LogP contribution in [0.1, 0.15) is 25.8 Å². The molecule has 1 atom stereocenters. The van der Waals surface area contributed by atoms with Crippen LogP contribution in [0.4, 0.5) is 0 Å². The van der Waals surface area contributed by atoms with Gasteiger partial charge in [-0.1, -0.05) is 37.6 Å². The first-order valence-electron chi connectivity index (χ1n) is 5.26. The summed E-state index contributed by atoms with van der Waals surface area (Å²) in [4.78, 5) is 11.9. The van der Waals surface area contributed by atoms with E-state index in [1.807, 2.05) is 24.3 Å². The minimum Gasteiger partial charge on any atom is -0.299 e. The van der Waals surface area contributed by atoms with Gasteiger partial charge in [0.1, 0.15) is 5.78 Å². The number of ketones is 1. The number of benzene rings is 1. The van der Waals surface area contributed by atoms with Crippen molar-refractivity contribution in [2.24, 2.45) is 11.3 Å². The lowest BCUT2D eigenvalue weighted by molar-refractivity contribution is -0.120. The molecular formula is C13H15ClO. The van der Waals surface area contributed by atoms with Crippen molar-refractivity contribution in [1.82, 2.24) is 0 Å². The monoisotopic (exact) mass is 222 g/mol. The first-order valence-corrected chi connectivity index (χ1v) is 5.64. The smallest absolute Gasteiger partial charge is 0.140 e. The number of rotatable bonds is 3. The van der Waals surface area contributed by atoms with Crippen LogP contribution in [0.25, 0.3) is 0 Å². The van der Waals surface area contributed by atoms with Crippen molar-refractivity contribution >= 4 is 17.4 Å². The summed E-state index contributed by atoms with van der Waals surface area (Å²) in [7, 11) is 0. The molecule has 0 aromatic heterocycles. The third-order valence-electron chi connectivity index (χ3n) is 3.17. The molecule has 0 radical (unpaired) electrons. The van der Waals surface area contributed by atoms with E-state index < -0.39 is 0 Å². The van der Waals surface area contributed by atoms with Gasteiger partial charge in [-0.05, 0) is 29.5 Å². The van der Waals surface area contributed by atoms with Crippen molar-refractivity contribution in [3.8, 4) is 0 Å². The Morgan fingerprint density at radius 2 is 2.20 bits per heavy atom. The number of hydrogen-bond acceptors (Lipinski definition) is 1. The maximum atomic E-state index is 11.9. The molecule has 0 spiro atoms. The first kappa shape index (κ1) is 10.7. The van der Waals surface area contributed by atoms with E-state index in [4.69, 9.17) is 11.6 Å². The van der Waals surface area contributed by atoms with E-state index in [0.29, 0.717) is 17.2 Å². The highest BCUT2D eigenvalue weighted by Gasteiger charge is 2.49. The fourth-order valence-corrected chi connectivity index (χ4v) is 2.20. The van der Waals surface area contributed by atoms with Crippen LogP contribution in [0.5, 0.6) is 0 Å². The van der Waals surface area contributed by atoms with Crippen LogP contribution in [0.15, 0.2) is 24.3 Å². The topological polar surface area (TPSA) is 17.1 Å². The highest BCUT2D eigenvalue weighted by molar-refractivity contribution is 6.30. The molecule has 0 heterocycles. The van der Waals surface area contributed by atoms with Gasteiger partial charge in [0.2, 0.25) is 0 Å². The molecule has 0 N–H and O–H groups in total. The van der Waals surface area contributed by atoms with E-state index in [-0.39, 0.29) is 11.3 Å². The second-order valence-electron chi connectivity index (χ2n) is 5.02. The zero-order valence-electron chi connectivity index (χ0n) is 9.09. The van der Waals surface area contributed by atoms with Gasteiger partial charge in [-0.15, -0.1) is 0 Å². The average molecular weight is 223 g/mol. The number of carbonyl (C=O) groups is 1. The summed E-state index contributed by atoms with van der Waals surface area (Å²) in [6.07, 6.45) is 1.56. The average Bonchev–Trinajstić information content (AvgIpc) is 2.75. The van der Waals surface area contributed by atoms with Crippen LogP contribution in [0, 0.1) is 11.3 Å². The highest BCUT2D eigenvalue weighted by Crippen LogP contribution is 2.52. The summed E-state index contributed by atoms with van der Waals surface area (Å²) in [5.41, 5.74) is 1.26. The Labute approximate surface area is 95.4 Å². The fraction of sp³-hybridized carbons (Fsp3) is 0.462. The summed E-state index contributed by atoms with van der Waals surface area (Å²) < 4.78 is 0. The lowest BCUT2D eigenvalue weighted by atomic mass is 10.0. The molecule has 1 fully saturated rings. The summed E-state index contributed by atoms with van der Waals surface area (Å²) in [6, 6.07) is 7.55. The van der Waals surface area contributed by atoms with Gasteiger partial charge >= 0.3 is 0 Å². The van der Waals surface area contributed by atoms with Gasteiger partial charge in [-0.25, -0.2) is 0 Å². The molecule has 0 amide bonds. The minimum atomic E-state index is 0.232. The molecule has 80 valence electrons. The molecule has 1 nitrogen and oxygen atoms in total. The van der Waals surface area contributed by atoms with Crippen LogP contribution in [-0.4, -0.2) is 5.78 Å². The summed E-state index contributed by atoms with van der Waals surface area (Å²) in [5, 5.41) is 0.704. The molecule has 2 rings (SSSR count). The summed E-state index contributed by atoms with van der Waals surface area (Å²) in [6.45, 7) is 4.29. The number of hydrogen-bond donors (Lipinski definition) is 0. The van der Waals surface area contributed by atoms with Crippen molar-refractivity contribution in [2.75, 3.05) is 0 Å². The van der Waals surface area contributed by atoms with Gasteiger partial charge < -0.3 is 0 Å². The van der Waals surface area contributed by atoms with Gasteiger partial charge in [-0.3, -0.25) is 4.79 Å². The largest absolute Gasteiger partial charge is 0.299 e. The molecule has 15 heavy (non-hydrogen) atoms. The van der Waals surface area contributed by atoms with Crippen molar-refractivity contribution in [2.45, 2.75) is 26.7 Å². The molecule has 1 unspecified atom stereocenters. The van der Waals surface area contributed by atoms with Crippen molar-refractivity contribution in [3.63, 3.8) is 0 Å². The van der Waals surface area contributed by atoms with Crippen LogP contribution in [0.2, 0.25) is 5.02 Å². The van der Waals surface area contributed by atoms with Crippen molar-refractivity contribution < 1.29 is 4.79 Å². The standard InChI is InChI=1S/C13H15ClO/c1-13(2)8-11(13)12(15)7-9-4-3-5-10(14)6-9/h3-6,11H,7-8H2,1-2H3. The molecule has 1 saturated carbocycles. The normalized spacial score (nSPS) is 22.5. The number of halogens is 1. The highest BCUT2D eigenvalue weighted by atomic mass is 35.5. The van der Waals surface area contributed by atoms with E-state index in [1.165, 1.54) is 0 Å². The van der Waals surface area contributed by atoms with E-state index in [9.17, 15) is 4.79 Å². The van der Waals surface area contributed by atoms with Gasteiger partial charge in [0, 0.05) is 17.4 Å². The van der Waals surface area contributed by atoms with Crippen LogP contribution >= 0.6 is 11.6 Å². The molecule has 0 saturated heterocycles. The Balaban J connectivity index is 2.01. The van der Waals surface area contributed by atoms with Crippen LogP contribution < -0.4 is 0 Å². The Kier molecular flexibility index (Phi) is 2.59. The van der Waals surface area contributed by atoms with Crippen molar-refractivity contribution in [3.05, 3.63) is 34.9 Å². The van der Waals surface area contributed by atoms with Gasteiger partial charge in [-0.2, -0.15) is 0 Å². The van der Waals surface area contributed by atoms with Gasteiger partial charge in [0.05, 0.1) is 0 Å². The van der Waals surface area contributed by atoms with Crippen LogP contribution in [0.3, 0.4) is 0 Å². The Hall–Kier alpha value is -0.820. The molecule has 1 aromatic carbocycles. The summed E-state index contributed by atoms with van der Waals surface area (Å²) in [5.74, 6) is 0.610. The predicted octanol–water partition coefficient (Wildman–Crippen LogP) is 3.50. The maximum Gasteiger partial charge on any atom is 0.140 e. The molecule has 0 aliphatic heterocycles. The lowest BCUT2D eigenvalue weighted by Gasteiger charge is -2.03. The fourth-order valence-electron chi connectivity index (χ4n) is 1.99. The second kappa shape index (κ2) is 3.64. The third-order valence-corrected chi connectivity index (χ3v) is 3.40. The quantitative estimate of drug-likeness (QED) is 0.765. The Bertz CT molecular complexity index is 395. The zero-order valence-corrected chi connectivity index (χ0v) is 9.84. The van der Waals surface area contributed by atoms with E-state index in [2.05, 4.69) is 13.8 Å². The Morgan fingerprint density at radius 3 is 2.73 bits per heavy atom. The predicted molar refractivity (Wildman–Crippen MR) is 62.1 cm³/mol. The van der Waals surface area contributed by atoms with Crippen molar-refractivity contribution in [1.29, 1.82) is 0 Å². The molecular weight excluding hydrogens is 208 g/mol. The second-order valence-corrected chi connectivity index (χ2v) is 5.45.